The molecule has 2 aliphatic carbocycles. The molecule has 5 rings (SSSR count). The van der Waals surface area contributed by atoms with Gasteiger partial charge in [0.05, 0.1) is 12.0 Å². The summed E-state index contributed by atoms with van der Waals surface area (Å²) in [4.78, 5) is 42.3. The van der Waals surface area contributed by atoms with Crippen LogP contribution in [0.5, 0.6) is 0 Å². The highest BCUT2D eigenvalue weighted by Gasteiger charge is 2.50. The first kappa shape index (κ1) is 22.7. The first-order valence-electron chi connectivity index (χ1n) is 12.4. The van der Waals surface area contributed by atoms with Gasteiger partial charge in [0.15, 0.2) is 0 Å². The third-order valence-electron chi connectivity index (χ3n) is 7.11. The van der Waals surface area contributed by atoms with Gasteiger partial charge >= 0.3 is 6.03 Å². The van der Waals surface area contributed by atoms with Gasteiger partial charge in [0.2, 0.25) is 5.91 Å². The molecular weight excluding hydrogens is 430 g/mol. The molecule has 8 heteroatoms. The first-order valence-corrected chi connectivity index (χ1v) is 12.4. The average Bonchev–Trinajstić information content (AvgIpc) is 3.70. The van der Waals surface area contributed by atoms with Crippen molar-refractivity contribution in [3.8, 4) is 0 Å². The van der Waals surface area contributed by atoms with E-state index in [0.717, 1.165) is 36.8 Å². The van der Waals surface area contributed by atoms with Crippen LogP contribution in [0.25, 0.3) is 5.57 Å². The van der Waals surface area contributed by atoms with Crippen LogP contribution in [0.1, 0.15) is 62.4 Å². The van der Waals surface area contributed by atoms with E-state index in [-0.39, 0.29) is 29.4 Å². The number of fused-ring (bicyclic) bond motifs is 1. The molecule has 2 atom stereocenters. The number of allylic oxidation sites excluding steroid dienone is 1. The van der Waals surface area contributed by atoms with E-state index < -0.39 is 5.92 Å². The van der Waals surface area contributed by atoms with Crippen LogP contribution in [0.2, 0.25) is 0 Å². The minimum Gasteiger partial charge on any atom is -0.369 e. The van der Waals surface area contributed by atoms with Crippen LogP contribution in [0.4, 0.5) is 4.79 Å². The predicted octanol–water partition coefficient (Wildman–Crippen LogP) is 2.31. The van der Waals surface area contributed by atoms with Gasteiger partial charge in [-0.15, -0.1) is 0 Å². The first-order chi connectivity index (χ1) is 16.1. The average molecular weight is 466 g/mol. The van der Waals surface area contributed by atoms with Crippen molar-refractivity contribution in [2.45, 2.75) is 64.1 Å². The molecule has 0 spiro atoms. The Kier molecular flexibility index (Phi) is 5.57. The van der Waals surface area contributed by atoms with Crippen molar-refractivity contribution in [2.24, 2.45) is 17.6 Å². The Labute approximate surface area is 200 Å². The summed E-state index contributed by atoms with van der Waals surface area (Å²) in [5.74, 6) is -0.489. The molecule has 0 radical (unpaired) electrons. The van der Waals surface area contributed by atoms with E-state index in [4.69, 9.17) is 5.73 Å². The normalized spacial score (nSPS) is 24.7. The predicted molar refractivity (Wildman–Crippen MR) is 130 cm³/mol. The SMILES string of the molecule is CC(C)(C)NC(=O)N1CCN2C(C3CC3)=C(c3ccc(C(=O)NC4CC4)cc3)C(C(N)=O)C2C1. The second kappa shape index (κ2) is 8.32. The van der Waals surface area contributed by atoms with E-state index >= 15 is 0 Å². The molecule has 4 N–H and O–H groups in total. The summed E-state index contributed by atoms with van der Waals surface area (Å²) in [6.45, 7) is 7.63. The summed E-state index contributed by atoms with van der Waals surface area (Å²) in [6, 6.07) is 7.59. The Bertz CT molecular complexity index is 1030. The molecule has 4 aliphatic rings. The Morgan fingerprint density at radius 2 is 1.68 bits per heavy atom. The van der Waals surface area contributed by atoms with Crippen LogP contribution in [0, 0.1) is 11.8 Å². The monoisotopic (exact) mass is 465 g/mol. The number of rotatable bonds is 5. The number of carbonyl (C=O) groups excluding carboxylic acids is 3. The summed E-state index contributed by atoms with van der Waals surface area (Å²) in [7, 11) is 0. The fourth-order valence-electron chi connectivity index (χ4n) is 5.25. The Morgan fingerprint density at radius 3 is 2.24 bits per heavy atom. The van der Waals surface area contributed by atoms with Crippen molar-refractivity contribution in [2.75, 3.05) is 19.6 Å². The van der Waals surface area contributed by atoms with Gasteiger partial charge in [-0.1, -0.05) is 12.1 Å². The summed E-state index contributed by atoms with van der Waals surface area (Å²) in [6.07, 6.45) is 4.29. The second-order valence-electron chi connectivity index (χ2n) is 11.2. The number of piperazine rings is 1. The topological polar surface area (TPSA) is 108 Å². The standard InChI is InChI=1S/C26H35N5O3/c1-26(2,3)29-25(34)30-12-13-31-19(14-30)21(23(27)32)20(22(31)16-6-7-16)15-4-8-17(9-5-15)24(33)28-18-10-11-18/h4-5,8-9,16,18-19,21H,6-7,10-14H2,1-3H3,(H2,27,32)(H,28,33)(H,29,34). The highest BCUT2D eigenvalue weighted by molar-refractivity contribution is 5.97. The van der Waals surface area contributed by atoms with E-state index in [2.05, 4.69) is 15.5 Å². The van der Waals surface area contributed by atoms with Crippen LogP contribution < -0.4 is 16.4 Å². The van der Waals surface area contributed by atoms with E-state index in [1.165, 1.54) is 5.70 Å². The summed E-state index contributed by atoms with van der Waals surface area (Å²) in [5.41, 5.74) is 9.42. The molecule has 2 aliphatic heterocycles. The molecule has 0 bridgehead atoms. The number of hydrogen-bond acceptors (Lipinski definition) is 4. The lowest BCUT2D eigenvalue weighted by molar-refractivity contribution is -0.121. The van der Waals surface area contributed by atoms with Crippen molar-refractivity contribution in [1.29, 1.82) is 0 Å². The molecule has 2 unspecified atom stereocenters. The molecular formula is C26H35N5O3. The maximum Gasteiger partial charge on any atom is 0.317 e. The van der Waals surface area contributed by atoms with Gasteiger partial charge in [-0.3, -0.25) is 9.59 Å². The lowest BCUT2D eigenvalue weighted by atomic mass is 9.87. The number of urea groups is 1. The molecule has 2 saturated carbocycles. The zero-order valence-corrected chi connectivity index (χ0v) is 20.3. The molecule has 8 nitrogen and oxygen atoms in total. The van der Waals surface area contributed by atoms with Gasteiger partial charge in [-0.25, -0.2) is 4.79 Å². The molecule has 2 heterocycles. The van der Waals surface area contributed by atoms with Gasteiger partial charge in [0, 0.05) is 42.5 Å². The van der Waals surface area contributed by atoms with E-state index in [0.29, 0.717) is 37.2 Å². The quantitative estimate of drug-likeness (QED) is 0.620. The summed E-state index contributed by atoms with van der Waals surface area (Å²) < 4.78 is 0. The summed E-state index contributed by atoms with van der Waals surface area (Å²) >= 11 is 0. The zero-order valence-electron chi connectivity index (χ0n) is 20.3. The van der Waals surface area contributed by atoms with E-state index in [1.54, 1.807) is 4.90 Å². The third-order valence-corrected chi connectivity index (χ3v) is 7.11. The fraction of sp³-hybridized carbons (Fsp3) is 0.577. The van der Waals surface area contributed by atoms with Crippen LogP contribution in [0.3, 0.4) is 0 Å². The van der Waals surface area contributed by atoms with Gasteiger partial charge < -0.3 is 26.2 Å². The maximum atomic E-state index is 12.9. The van der Waals surface area contributed by atoms with Crippen LogP contribution in [-0.2, 0) is 4.79 Å². The minimum atomic E-state index is -0.494. The molecule has 1 aromatic carbocycles. The summed E-state index contributed by atoms with van der Waals surface area (Å²) in [5, 5.41) is 6.06. The van der Waals surface area contributed by atoms with Crippen LogP contribution in [-0.4, -0.2) is 64.9 Å². The minimum absolute atomic E-state index is 0.0544. The highest BCUT2D eigenvalue weighted by Crippen LogP contribution is 2.51. The number of nitrogens with two attached hydrogens (primary N) is 1. The van der Waals surface area contributed by atoms with Crippen molar-refractivity contribution in [3.05, 3.63) is 41.1 Å². The smallest absolute Gasteiger partial charge is 0.317 e. The van der Waals surface area contributed by atoms with Crippen LogP contribution in [0.15, 0.2) is 30.0 Å². The molecule has 1 aromatic rings. The number of benzene rings is 1. The lowest BCUT2D eigenvalue weighted by Gasteiger charge is -2.42. The number of nitrogens with zero attached hydrogens (tertiary/aromatic N) is 2. The van der Waals surface area contributed by atoms with Crippen molar-refractivity contribution >= 4 is 23.4 Å². The van der Waals surface area contributed by atoms with E-state index in [1.807, 2.05) is 45.0 Å². The molecule has 4 amide bonds. The number of amides is 4. The highest BCUT2D eigenvalue weighted by atomic mass is 16.2. The lowest BCUT2D eigenvalue weighted by Crippen LogP contribution is -2.59. The molecule has 182 valence electrons. The Morgan fingerprint density at radius 1 is 1.00 bits per heavy atom. The second-order valence-corrected chi connectivity index (χ2v) is 11.2. The molecule has 0 aromatic heterocycles. The number of carbonyl (C=O) groups is 3. The molecule has 34 heavy (non-hydrogen) atoms. The van der Waals surface area contributed by atoms with Crippen LogP contribution >= 0.6 is 0 Å². The van der Waals surface area contributed by atoms with Gasteiger partial charge in [0.25, 0.3) is 5.91 Å². The van der Waals surface area contributed by atoms with Gasteiger partial charge in [0.1, 0.15) is 0 Å². The van der Waals surface area contributed by atoms with E-state index in [9.17, 15) is 14.4 Å². The number of primary amides is 1. The maximum absolute atomic E-state index is 12.9. The van der Waals surface area contributed by atoms with Crippen molar-refractivity contribution in [1.82, 2.24) is 20.4 Å². The van der Waals surface area contributed by atoms with Crippen molar-refractivity contribution < 1.29 is 14.4 Å². The Hall–Kier alpha value is -3.03. The fourth-order valence-corrected chi connectivity index (χ4v) is 5.25. The number of hydrogen-bond donors (Lipinski definition) is 3. The number of nitrogens with one attached hydrogen (secondary N) is 2. The molecule has 1 saturated heterocycles. The largest absolute Gasteiger partial charge is 0.369 e. The van der Waals surface area contributed by atoms with Gasteiger partial charge in [-0.05, 0) is 75.6 Å². The zero-order chi connectivity index (χ0) is 24.2. The van der Waals surface area contributed by atoms with Crippen molar-refractivity contribution in [3.63, 3.8) is 0 Å². The third kappa shape index (κ3) is 4.50. The Balaban J connectivity index is 1.43. The molecule has 3 fully saturated rings. The van der Waals surface area contributed by atoms with Gasteiger partial charge in [-0.2, -0.15) is 0 Å².